The number of rotatable bonds is 8. The van der Waals surface area contributed by atoms with Crippen molar-refractivity contribution in [2.24, 2.45) is 10.7 Å². The third-order valence-corrected chi connectivity index (χ3v) is 6.13. The molecule has 0 spiro atoms. The Morgan fingerprint density at radius 3 is 2.33 bits per heavy atom. The Bertz CT molecular complexity index is 1100. The lowest BCUT2D eigenvalue weighted by molar-refractivity contribution is 0.415. The highest BCUT2D eigenvalue weighted by molar-refractivity contribution is 7.97. The van der Waals surface area contributed by atoms with Gasteiger partial charge in [-0.15, -0.1) is 0 Å². The average Bonchev–Trinajstić information content (AvgIpc) is 2.74. The van der Waals surface area contributed by atoms with Gasteiger partial charge in [-0.1, -0.05) is 24.3 Å². The standard InChI is InChI=1S/C26H34N6S/c1-17-8-6-9-18(2)24(17)20-14-19(3)25(23(27)15-20)31-26(28)30-21-10-7-11-22(16-21)33-29-12-13-32(4)5/h6-11,14-16,29H,12-13,27H2,1-5H3,(H3,28,30,31). The molecular weight excluding hydrogens is 428 g/mol. The van der Waals surface area contributed by atoms with E-state index >= 15 is 0 Å². The zero-order valence-electron chi connectivity index (χ0n) is 20.1. The van der Waals surface area contributed by atoms with Gasteiger partial charge in [0.05, 0.1) is 11.4 Å². The predicted molar refractivity (Wildman–Crippen MR) is 144 cm³/mol. The maximum atomic E-state index is 6.41. The lowest BCUT2D eigenvalue weighted by Gasteiger charge is -2.14. The van der Waals surface area contributed by atoms with Crippen LogP contribution in [0, 0.1) is 20.8 Å². The molecule has 0 aliphatic rings. The van der Waals surface area contributed by atoms with Gasteiger partial charge in [0.1, 0.15) is 0 Å². The van der Waals surface area contributed by atoms with Crippen LogP contribution in [0.3, 0.4) is 0 Å². The number of anilines is 2. The lowest BCUT2D eigenvalue weighted by atomic mass is 9.94. The fourth-order valence-electron chi connectivity index (χ4n) is 3.71. The van der Waals surface area contributed by atoms with Crippen LogP contribution in [-0.2, 0) is 0 Å². The number of guanidine groups is 1. The van der Waals surface area contributed by atoms with Crippen molar-refractivity contribution < 1.29 is 0 Å². The molecule has 0 radical (unpaired) electrons. The van der Waals surface area contributed by atoms with E-state index in [4.69, 9.17) is 11.5 Å². The van der Waals surface area contributed by atoms with Crippen LogP contribution in [0.2, 0.25) is 0 Å². The van der Waals surface area contributed by atoms with Gasteiger partial charge in [-0.25, -0.2) is 4.99 Å². The van der Waals surface area contributed by atoms with Gasteiger partial charge in [0, 0.05) is 23.7 Å². The van der Waals surface area contributed by atoms with Gasteiger partial charge in [0.2, 0.25) is 0 Å². The summed E-state index contributed by atoms with van der Waals surface area (Å²) in [5, 5.41) is 3.18. The van der Waals surface area contributed by atoms with Gasteiger partial charge in [-0.3, -0.25) is 4.72 Å². The van der Waals surface area contributed by atoms with Crippen molar-refractivity contribution in [1.29, 1.82) is 0 Å². The van der Waals surface area contributed by atoms with Crippen molar-refractivity contribution in [2.45, 2.75) is 25.7 Å². The van der Waals surface area contributed by atoms with E-state index in [-0.39, 0.29) is 0 Å². The maximum Gasteiger partial charge on any atom is 0.198 e. The minimum Gasteiger partial charge on any atom is -0.397 e. The summed E-state index contributed by atoms with van der Waals surface area (Å²) in [7, 11) is 4.12. The third kappa shape index (κ3) is 6.74. The number of likely N-dealkylation sites (N-methyl/N-ethyl adjacent to an activating group) is 1. The smallest absolute Gasteiger partial charge is 0.198 e. The van der Waals surface area contributed by atoms with Crippen molar-refractivity contribution in [3.05, 3.63) is 71.3 Å². The quantitative estimate of drug-likeness (QED) is 0.123. The highest BCUT2D eigenvalue weighted by atomic mass is 32.2. The highest BCUT2D eigenvalue weighted by Gasteiger charge is 2.11. The lowest BCUT2D eigenvalue weighted by Crippen LogP contribution is -2.23. The van der Waals surface area contributed by atoms with E-state index in [0.717, 1.165) is 34.8 Å². The minimum absolute atomic E-state index is 0.298. The molecule has 33 heavy (non-hydrogen) atoms. The number of aryl methyl sites for hydroxylation is 3. The fourth-order valence-corrected chi connectivity index (χ4v) is 4.40. The summed E-state index contributed by atoms with van der Waals surface area (Å²) in [6.45, 7) is 8.12. The molecule has 3 rings (SSSR count). The maximum absolute atomic E-state index is 6.41. The van der Waals surface area contributed by atoms with Crippen LogP contribution in [0.5, 0.6) is 0 Å². The van der Waals surface area contributed by atoms with Crippen LogP contribution < -0.4 is 21.5 Å². The number of aliphatic imine (C=N–C) groups is 1. The second-order valence-corrected chi connectivity index (χ2v) is 9.41. The largest absolute Gasteiger partial charge is 0.397 e. The number of hydrogen-bond donors (Lipinski definition) is 4. The number of hydrogen-bond acceptors (Lipinski definition) is 5. The van der Waals surface area contributed by atoms with Crippen LogP contribution in [-0.4, -0.2) is 38.0 Å². The summed E-state index contributed by atoms with van der Waals surface area (Å²) in [4.78, 5) is 7.83. The molecule has 0 saturated carbocycles. The minimum atomic E-state index is 0.298. The molecule has 0 heterocycles. The van der Waals surface area contributed by atoms with E-state index in [2.05, 4.69) is 78.2 Å². The SMILES string of the molecule is Cc1cc(-c2c(C)cccc2C)cc(N)c1N=C(N)Nc1cccc(SNCCN(C)C)c1. The molecule has 6 nitrogen and oxygen atoms in total. The Kier molecular flexibility index (Phi) is 8.38. The molecule has 0 saturated heterocycles. The highest BCUT2D eigenvalue weighted by Crippen LogP contribution is 2.35. The normalized spacial score (nSPS) is 11.8. The van der Waals surface area contributed by atoms with Crippen LogP contribution in [0.1, 0.15) is 16.7 Å². The van der Waals surface area contributed by atoms with Gasteiger partial charge >= 0.3 is 0 Å². The molecule has 0 aliphatic carbocycles. The Morgan fingerprint density at radius 1 is 0.970 bits per heavy atom. The van der Waals surface area contributed by atoms with Gasteiger partial charge < -0.3 is 21.7 Å². The molecule has 0 aromatic heterocycles. The molecule has 0 atom stereocenters. The third-order valence-electron chi connectivity index (χ3n) is 5.29. The Balaban J connectivity index is 1.75. The predicted octanol–water partition coefficient (Wildman–Crippen LogP) is 5.08. The first-order valence-electron chi connectivity index (χ1n) is 11.0. The van der Waals surface area contributed by atoms with Gasteiger partial charge in [0.25, 0.3) is 0 Å². The summed E-state index contributed by atoms with van der Waals surface area (Å²) in [5.41, 5.74) is 20.5. The molecule has 7 heteroatoms. The molecule has 174 valence electrons. The summed E-state index contributed by atoms with van der Waals surface area (Å²) >= 11 is 1.60. The van der Waals surface area contributed by atoms with Gasteiger partial charge in [0.15, 0.2) is 5.96 Å². The van der Waals surface area contributed by atoms with Crippen LogP contribution in [0.15, 0.2) is 64.5 Å². The number of benzene rings is 3. The van der Waals surface area contributed by atoms with Gasteiger partial charge in [-0.2, -0.15) is 0 Å². The summed E-state index contributed by atoms with van der Waals surface area (Å²) in [6.07, 6.45) is 0. The average molecular weight is 463 g/mol. The zero-order chi connectivity index (χ0) is 24.0. The van der Waals surface area contributed by atoms with Crippen molar-refractivity contribution in [2.75, 3.05) is 38.2 Å². The molecular formula is C26H34N6S. The van der Waals surface area contributed by atoms with E-state index in [0.29, 0.717) is 17.3 Å². The van der Waals surface area contributed by atoms with E-state index in [1.807, 2.05) is 31.2 Å². The van der Waals surface area contributed by atoms with E-state index in [9.17, 15) is 0 Å². The first kappa shape index (κ1) is 24.6. The molecule has 6 N–H and O–H groups in total. The second-order valence-electron chi connectivity index (χ2n) is 8.45. The summed E-state index contributed by atoms with van der Waals surface area (Å²) < 4.78 is 3.36. The Hall–Kier alpha value is -3.00. The molecule has 0 amide bonds. The topological polar surface area (TPSA) is 91.7 Å². The number of nitrogen functional groups attached to an aromatic ring is 1. The van der Waals surface area contributed by atoms with E-state index in [1.165, 1.54) is 16.7 Å². The van der Waals surface area contributed by atoms with E-state index in [1.54, 1.807) is 11.9 Å². The molecule has 0 unspecified atom stereocenters. The van der Waals surface area contributed by atoms with Crippen molar-refractivity contribution in [1.82, 2.24) is 9.62 Å². The number of nitrogens with zero attached hydrogens (tertiary/aromatic N) is 2. The van der Waals surface area contributed by atoms with E-state index < -0.39 is 0 Å². The summed E-state index contributed by atoms with van der Waals surface area (Å²) in [6, 6.07) is 18.5. The van der Waals surface area contributed by atoms with Crippen molar-refractivity contribution in [3.63, 3.8) is 0 Å². The van der Waals surface area contributed by atoms with Crippen LogP contribution in [0.25, 0.3) is 11.1 Å². The van der Waals surface area contributed by atoms with Crippen LogP contribution >= 0.6 is 11.9 Å². The first-order valence-corrected chi connectivity index (χ1v) is 11.8. The number of nitrogens with one attached hydrogen (secondary N) is 2. The zero-order valence-corrected chi connectivity index (χ0v) is 20.9. The van der Waals surface area contributed by atoms with Crippen molar-refractivity contribution >= 4 is 35.0 Å². The monoisotopic (exact) mass is 462 g/mol. The fraction of sp³-hybridized carbons (Fsp3) is 0.269. The summed E-state index contributed by atoms with van der Waals surface area (Å²) in [5.74, 6) is 0.298. The first-order chi connectivity index (χ1) is 15.7. The molecule has 0 fully saturated rings. The van der Waals surface area contributed by atoms with Gasteiger partial charge in [-0.05, 0) is 105 Å². The second kappa shape index (κ2) is 11.2. The Labute approximate surface area is 201 Å². The molecule has 0 aliphatic heterocycles. The Morgan fingerprint density at radius 2 is 1.67 bits per heavy atom. The van der Waals surface area contributed by atoms with Crippen LogP contribution in [0.4, 0.5) is 17.1 Å². The molecule has 3 aromatic rings. The number of nitrogens with two attached hydrogens (primary N) is 2. The molecule has 3 aromatic carbocycles. The van der Waals surface area contributed by atoms with Crippen molar-refractivity contribution in [3.8, 4) is 11.1 Å². The molecule has 0 bridgehead atoms.